The van der Waals surface area contributed by atoms with E-state index in [1.807, 2.05) is 26.0 Å². The molecule has 2 unspecified atom stereocenters. The molecule has 5 heteroatoms. The first-order valence-electron chi connectivity index (χ1n) is 6.57. The average Bonchev–Trinajstić information content (AvgIpc) is 3.05. The molecule has 1 aliphatic heterocycles. The van der Waals surface area contributed by atoms with Crippen molar-refractivity contribution < 1.29 is 9.26 Å². The van der Waals surface area contributed by atoms with Gasteiger partial charge in [-0.05, 0) is 25.5 Å². The van der Waals surface area contributed by atoms with Crippen LogP contribution in [-0.2, 0) is 4.74 Å². The highest BCUT2D eigenvalue weighted by molar-refractivity contribution is 5.59. The summed E-state index contributed by atoms with van der Waals surface area (Å²) in [5, 5.41) is 7.37. The van der Waals surface area contributed by atoms with Gasteiger partial charge in [0.05, 0.1) is 5.92 Å². The van der Waals surface area contributed by atoms with E-state index in [-0.39, 0.29) is 12.0 Å². The van der Waals surface area contributed by atoms with Gasteiger partial charge in [-0.15, -0.1) is 0 Å². The molecule has 1 aliphatic rings. The van der Waals surface area contributed by atoms with Gasteiger partial charge in [0.25, 0.3) is 0 Å². The summed E-state index contributed by atoms with van der Waals surface area (Å²) in [6.07, 6.45) is -0.132. The number of fused-ring (bicyclic) bond motifs is 1. The second-order valence-electron chi connectivity index (χ2n) is 4.61. The van der Waals surface area contributed by atoms with E-state index >= 15 is 0 Å². The van der Waals surface area contributed by atoms with Crippen molar-refractivity contribution in [1.29, 1.82) is 0 Å². The van der Waals surface area contributed by atoms with Crippen molar-refractivity contribution in [2.24, 2.45) is 0 Å². The highest BCUT2D eigenvalue weighted by Gasteiger charge is 2.28. The molecule has 0 saturated heterocycles. The van der Waals surface area contributed by atoms with Gasteiger partial charge in [-0.2, -0.15) is 4.98 Å². The minimum atomic E-state index is -0.132. The molecule has 19 heavy (non-hydrogen) atoms. The molecule has 0 fully saturated rings. The summed E-state index contributed by atoms with van der Waals surface area (Å²) in [5.41, 5.74) is 2.35. The van der Waals surface area contributed by atoms with Crippen molar-refractivity contribution in [3.8, 4) is 0 Å². The molecule has 5 nitrogen and oxygen atoms in total. The predicted octanol–water partition coefficient (Wildman–Crippen LogP) is 2.72. The first-order valence-corrected chi connectivity index (χ1v) is 6.57. The number of para-hydroxylation sites is 1. The van der Waals surface area contributed by atoms with Crippen LogP contribution in [0.5, 0.6) is 0 Å². The Morgan fingerprint density at radius 3 is 3.16 bits per heavy atom. The molecule has 1 aromatic carbocycles. The molecule has 100 valence electrons. The summed E-state index contributed by atoms with van der Waals surface area (Å²) < 4.78 is 10.9. The molecule has 0 spiro atoms. The van der Waals surface area contributed by atoms with Crippen LogP contribution in [0, 0.1) is 0 Å². The molecule has 0 bridgehead atoms. The van der Waals surface area contributed by atoms with Crippen LogP contribution in [0.1, 0.15) is 43.1 Å². The van der Waals surface area contributed by atoms with Gasteiger partial charge in [0.2, 0.25) is 5.89 Å². The molecule has 3 rings (SSSR count). The molecular weight excluding hydrogens is 242 g/mol. The maximum Gasteiger partial charge on any atom is 0.236 e. The second kappa shape index (κ2) is 5.01. The Labute approximate surface area is 112 Å². The first-order chi connectivity index (χ1) is 9.29. The SMILES string of the molecule is CCOC(C)c1noc(C2CNc3ccccc32)n1. The third-order valence-corrected chi connectivity index (χ3v) is 3.37. The maximum absolute atomic E-state index is 5.47. The maximum atomic E-state index is 5.47. The van der Waals surface area contributed by atoms with Crippen LogP contribution in [0.3, 0.4) is 0 Å². The normalized spacial score (nSPS) is 18.9. The molecule has 0 saturated carbocycles. The Kier molecular flexibility index (Phi) is 3.21. The summed E-state index contributed by atoms with van der Waals surface area (Å²) in [7, 11) is 0. The van der Waals surface area contributed by atoms with Gasteiger partial charge >= 0.3 is 0 Å². The molecular formula is C14H17N3O2. The van der Waals surface area contributed by atoms with Crippen molar-refractivity contribution in [1.82, 2.24) is 10.1 Å². The summed E-state index contributed by atoms with van der Waals surface area (Å²) >= 11 is 0. The molecule has 1 N–H and O–H groups in total. The van der Waals surface area contributed by atoms with Gasteiger partial charge in [0, 0.05) is 18.8 Å². The van der Waals surface area contributed by atoms with Crippen LogP contribution in [-0.4, -0.2) is 23.3 Å². The number of anilines is 1. The van der Waals surface area contributed by atoms with Crippen LogP contribution in [0.4, 0.5) is 5.69 Å². The summed E-state index contributed by atoms with van der Waals surface area (Å²) in [5.74, 6) is 1.39. The van der Waals surface area contributed by atoms with E-state index in [0.29, 0.717) is 18.3 Å². The Balaban J connectivity index is 1.85. The van der Waals surface area contributed by atoms with E-state index in [1.54, 1.807) is 0 Å². The topological polar surface area (TPSA) is 60.2 Å². The minimum Gasteiger partial charge on any atom is -0.384 e. The van der Waals surface area contributed by atoms with Gasteiger partial charge in [-0.3, -0.25) is 0 Å². The standard InChI is InChI=1S/C14H17N3O2/c1-3-18-9(2)13-16-14(19-17-13)11-8-15-12-7-5-4-6-10(11)12/h4-7,9,11,15H,3,8H2,1-2H3. The number of benzene rings is 1. The fourth-order valence-electron chi connectivity index (χ4n) is 2.38. The second-order valence-corrected chi connectivity index (χ2v) is 4.61. The lowest BCUT2D eigenvalue weighted by molar-refractivity contribution is 0.0683. The molecule has 2 aromatic rings. The fraction of sp³-hybridized carbons (Fsp3) is 0.429. The molecule has 1 aromatic heterocycles. The van der Waals surface area contributed by atoms with Crippen molar-refractivity contribution in [2.45, 2.75) is 25.9 Å². The Bertz CT molecular complexity index is 567. The van der Waals surface area contributed by atoms with E-state index < -0.39 is 0 Å². The summed E-state index contributed by atoms with van der Waals surface area (Å²) in [4.78, 5) is 4.47. The summed E-state index contributed by atoms with van der Waals surface area (Å²) in [6, 6.07) is 8.20. The highest BCUT2D eigenvalue weighted by Crippen LogP contribution is 2.35. The third-order valence-electron chi connectivity index (χ3n) is 3.37. The Morgan fingerprint density at radius 2 is 2.32 bits per heavy atom. The zero-order valence-corrected chi connectivity index (χ0v) is 11.1. The predicted molar refractivity (Wildman–Crippen MR) is 71.1 cm³/mol. The van der Waals surface area contributed by atoms with Crippen molar-refractivity contribution in [2.75, 3.05) is 18.5 Å². The van der Waals surface area contributed by atoms with Gasteiger partial charge in [-0.25, -0.2) is 0 Å². The number of ether oxygens (including phenoxy) is 1. The average molecular weight is 259 g/mol. The monoisotopic (exact) mass is 259 g/mol. The lowest BCUT2D eigenvalue weighted by atomic mass is 10.0. The number of nitrogens with one attached hydrogen (secondary N) is 1. The van der Waals surface area contributed by atoms with Crippen molar-refractivity contribution in [3.63, 3.8) is 0 Å². The van der Waals surface area contributed by atoms with Crippen LogP contribution in [0.2, 0.25) is 0 Å². The number of rotatable bonds is 4. The van der Waals surface area contributed by atoms with Crippen LogP contribution >= 0.6 is 0 Å². The number of nitrogens with zero attached hydrogens (tertiary/aromatic N) is 2. The van der Waals surface area contributed by atoms with E-state index in [9.17, 15) is 0 Å². The molecule has 2 atom stereocenters. The van der Waals surface area contributed by atoms with Gasteiger partial charge in [-0.1, -0.05) is 23.4 Å². The number of hydrogen-bond donors (Lipinski definition) is 1. The first kappa shape index (κ1) is 12.2. The molecule has 0 amide bonds. The van der Waals surface area contributed by atoms with Crippen LogP contribution in [0.25, 0.3) is 0 Å². The molecule has 0 aliphatic carbocycles. The number of hydrogen-bond acceptors (Lipinski definition) is 5. The molecule has 2 heterocycles. The van der Waals surface area contributed by atoms with E-state index in [1.165, 1.54) is 5.56 Å². The van der Waals surface area contributed by atoms with E-state index in [4.69, 9.17) is 9.26 Å². The van der Waals surface area contributed by atoms with Crippen molar-refractivity contribution in [3.05, 3.63) is 41.5 Å². The quantitative estimate of drug-likeness (QED) is 0.914. The van der Waals surface area contributed by atoms with E-state index in [2.05, 4.69) is 27.6 Å². The highest BCUT2D eigenvalue weighted by atomic mass is 16.5. The smallest absolute Gasteiger partial charge is 0.236 e. The Morgan fingerprint density at radius 1 is 1.47 bits per heavy atom. The number of aromatic nitrogens is 2. The Hall–Kier alpha value is -1.88. The van der Waals surface area contributed by atoms with Gasteiger partial charge in [0.1, 0.15) is 6.10 Å². The lowest BCUT2D eigenvalue weighted by Gasteiger charge is -2.05. The molecule has 0 radical (unpaired) electrons. The lowest BCUT2D eigenvalue weighted by Crippen LogP contribution is -2.05. The van der Waals surface area contributed by atoms with E-state index in [0.717, 1.165) is 12.2 Å². The van der Waals surface area contributed by atoms with Crippen LogP contribution < -0.4 is 5.32 Å². The third kappa shape index (κ3) is 2.21. The van der Waals surface area contributed by atoms with Gasteiger partial charge in [0.15, 0.2) is 5.82 Å². The summed E-state index contributed by atoms with van der Waals surface area (Å²) in [6.45, 7) is 5.32. The van der Waals surface area contributed by atoms with Crippen LogP contribution in [0.15, 0.2) is 28.8 Å². The zero-order valence-electron chi connectivity index (χ0n) is 11.1. The fourth-order valence-corrected chi connectivity index (χ4v) is 2.38. The largest absolute Gasteiger partial charge is 0.384 e. The van der Waals surface area contributed by atoms with Crippen molar-refractivity contribution >= 4 is 5.69 Å². The minimum absolute atomic E-state index is 0.131. The van der Waals surface area contributed by atoms with Gasteiger partial charge < -0.3 is 14.6 Å². The zero-order chi connectivity index (χ0) is 13.2.